The van der Waals surface area contributed by atoms with Crippen LogP contribution in [0.4, 0.5) is 0 Å². The highest BCUT2D eigenvalue weighted by molar-refractivity contribution is 5.84. The lowest BCUT2D eigenvalue weighted by Gasteiger charge is -2.23. The van der Waals surface area contributed by atoms with Crippen molar-refractivity contribution >= 4 is 11.9 Å². The molecule has 0 aromatic rings. The van der Waals surface area contributed by atoms with Crippen LogP contribution in [0.15, 0.2) is 4.99 Å². The SMILES string of the molecule is CN=C(NCC(=O)OC(C)(C)C)NC1CC2CCC1O2. The van der Waals surface area contributed by atoms with Crippen molar-refractivity contribution in [2.24, 2.45) is 4.99 Å². The first-order valence-electron chi connectivity index (χ1n) is 7.22. The lowest BCUT2D eigenvalue weighted by Crippen LogP contribution is -2.49. The van der Waals surface area contributed by atoms with Crippen LogP contribution in [0.25, 0.3) is 0 Å². The molecule has 2 heterocycles. The van der Waals surface area contributed by atoms with E-state index < -0.39 is 5.60 Å². The molecule has 3 atom stereocenters. The smallest absolute Gasteiger partial charge is 0.325 e. The van der Waals surface area contributed by atoms with E-state index in [1.54, 1.807) is 7.05 Å². The van der Waals surface area contributed by atoms with Crippen molar-refractivity contribution in [3.63, 3.8) is 0 Å². The van der Waals surface area contributed by atoms with Gasteiger partial charge in [0.25, 0.3) is 0 Å². The van der Waals surface area contributed by atoms with Crippen LogP contribution in [-0.4, -0.2) is 49.4 Å². The summed E-state index contributed by atoms with van der Waals surface area (Å²) in [5.74, 6) is 0.335. The minimum Gasteiger partial charge on any atom is -0.459 e. The van der Waals surface area contributed by atoms with Crippen LogP contribution >= 0.6 is 0 Å². The van der Waals surface area contributed by atoms with Gasteiger partial charge >= 0.3 is 5.97 Å². The predicted octanol–water partition coefficient (Wildman–Crippen LogP) is 0.813. The van der Waals surface area contributed by atoms with Crippen LogP contribution in [0.3, 0.4) is 0 Å². The number of esters is 1. The number of nitrogens with zero attached hydrogens (tertiary/aromatic N) is 1. The molecule has 114 valence electrons. The summed E-state index contributed by atoms with van der Waals surface area (Å²) in [7, 11) is 1.69. The highest BCUT2D eigenvalue weighted by Gasteiger charge is 2.41. The van der Waals surface area contributed by atoms with E-state index in [4.69, 9.17) is 9.47 Å². The molecule has 0 amide bonds. The summed E-state index contributed by atoms with van der Waals surface area (Å²) in [6.45, 7) is 5.67. The first-order valence-corrected chi connectivity index (χ1v) is 7.22. The van der Waals surface area contributed by atoms with Crippen molar-refractivity contribution in [3.8, 4) is 0 Å². The van der Waals surface area contributed by atoms with Gasteiger partial charge in [-0.2, -0.15) is 0 Å². The Bertz CT molecular complexity index is 390. The Morgan fingerprint density at radius 3 is 2.65 bits per heavy atom. The second kappa shape index (κ2) is 5.99. The van der Waals surface area contributed by atoms with Gasteiger partial charge in [-0.1, -0.05) is 0 Å². The van der Waals surface area contributed by atoms with Gasteiger partial charge in [0.2, 0.25) is 0 Å². The Labute approximate surface area is 120 Å². The number of ether oxygens (including phenoxy) is 2. The average molecular weight is 283 g/mol. The lowest BCUT2D eigenvalue weighted by molar-refractivity contribution is -0.153. The summed E-state index contributed by atoms with van der Waals surface area (Å²) in [5, 5.41) is 6.31. The molecule has 0 saturated carbocycles. The second-order valence-corrected chi connectivity index (χ2v) is 6.37. The summed E-state index contributed by atoms with van der Waals surface area (Å²) in [6.07, 6.45) is 3.94. The molecule has 0 spiro atoms. The predicted molar refractivity (Wildman–Crippen MR) is 76.6 cm³/mol. The topological polar surface area (TPSA) is 72.0 Å². The highest BCUT2D eigenvalue weighted by Crippen LogP contribution is 2.34. The third kappa shape index (κ3) is 4.10. The monoisotopic (exact) mass is 283 g/mol. The molecule has 2 saturated heterocycles. The molecule has 0 aromatic carbocycles. The number of hydrogen-bond donors (Lipinski definition) is 2. The maximum absolute atomic E-state index is 11.7. The summed E-state index contributed by atoms with van der Waals surface area (Å²) < 4.78 is 11.0. The lowest BCUT2D eigenvalue weighted by atomic mass is 9.96. The molecule has 20 heavy (non-hydrogen) atoms. The van der Waals surface area contributed by atoms with Gasteiger partial charge < -0.3 is 20.1 Å². The second-order valence-electron chi connectivity index (χ2n) is 6.37. The van der Waals surface area contributed by atoms with Crippen molar-refractivity contribution in [3.05, 3.63) is 0 Å². The zero-order valence-corrected chi connectivity index (χ0v) is 12.7. The molecule has 2 N–H and O–H groups in total. The Hall–Kier alpha value is -1.30. The minimum absolute atomic E-state index is 0.110. The van der Waals surface area contributed by atoms with Crippen LogP contribution < -0.4 is 10.6 Å². The fourth-order valence-electron chi connectivity index (χ4n) is 2.69. The molecular formula is C14H25N3O3. The molecule has 0 aliphatic carbocycles. The van der Waals surface area contributed by atoms with E-state index in [0.29, 0.717) is 18.1 Å². The molecule has 6 heteroatoms. The number of guanidine groups is 1. The zero-order valence-electron chi connectivity index (χ0n) is 12.7. The van der Waals surface area contributed by atoms with Gasteiger partial charge in [0, 0.05) is 7.05 Å². The summed E-state index contributed by atoms with van der Waals surface area (Å²) >= 11 is 0. The molecule has 0 aromatic heterocycles. The summed E-state index contributed by atoms with van der Waals surface area (Å²) in [6, 6.07) is 0.290. The van der Waals surface area contributed by atoms with Crippen LogP contribution in [0.2, 0.25) is 0 Å². The number of carbonyl (C=O) groups excluding carboxylic acids is 1. The summed E-state index contributed by atoms with van der Waals surface area (Å²) in [4.78, 5) is 15.8. The van der Waals surface area contributed by atoms with Gasteiger partial charge in [-0.3, -0.25) is 9.79 Å². The van der Waals surface area contributed by atoms with Gasteiger partial charge in [0.15, 0.2) is 5.96 Å². The van der Waals surface area contributed by atoms with E-state index in [1.165, 1.54) is 0 Å². The standard InChI is InChI=1S/C14H25N3O3/c1-14(2,3)20-12(18)8-16-13(15-4)17-10-7-9-5-6-11(10)19-9/h9-11H,5-8H2,1-4H3,(H2,15,16,17). The normalized spacial score (nSPS) is 29.4. The van der Waals surface area contributed by atoms with E-state index in [9.17, 15) is 4.79 Å². The Balaban J connectivity index is 1.74. The van der Waals surface area contributed by atoms with Crippen LogP contribution in [0.5, 0.6) is 0 Å². The van der Waals surface area contributed by atoms with E-state index in [0.717, 1.165) is 19.3 Å². The first kappa shape index (κ1) is 15.1. The Kier molecular flexibility index (Phi) is 4.52. The minimum atomic E-state index is -0.464. The molecule has 2 bridgehead atoms. The number of fused-ring (bicyclic) bond motifs is 2. The maximum Gasteiger partial charge on any atom is 0.325 e. The first-order chi connectivity index (χ1) is 9.37. The fourth-order valence-corrected chi connectivity index (χ4v) is 2.69. The molecule has 2 aliphatic rings. The van der Waals surface area contributed by atoms with Gasteiger partial charge in [0.05, 0.1) is 18.2 Å². The van der Waals surface area contributed by atoms with Crippen LogP contribution in [0, 0.1) is 0 Å². The average Bonchev–Trinajstić information content (AvgIpc) is 2.94. The molecule has 2 aliphatic heterocycles. The number of carbonyl (C=O) groups is 1. The van der Waals surface area contributed by atoms with Crippen molar-refractivity contribution in [2.45, 2.75) is 63.9 Å². The molecule has 2 fully saturated rings. The van der Waals surface area contributed by atoms with Gasteiger partial charge in [-0.05, 0) is 40.0 Å². The largest absolute Gasteiger partial charge is 0.459 e. The van der Waals surface area contributed by atoms with E-state index in [-0.39, 0.29) is 18.6 Å². The maximum atomic E-state index is 11.7. The zero-order chi connectivity index (χ0) is 14.8. The van der Waals surface area contributed by atoms with Gasteiger partial charge in [-0.25, -0.2) is 0 Å². The molecule has 2 rings (SSSR count). The number of rotatable bonds is 3. The molecule has 6 nitrogen and oxygen atoms in total. The quantitative estimate of drug-likeness (QED) is 0.456. The fraction of sp³-hybridized carbons (Fsp3) is 0.857. The van der Waals surface area contributed by atoms with Crippen LogP contribution in [0.1, 0.15) is 40.0 Å². The highest BCUT2D eigenvalue weighted by atomic mass is 16.6. The number of aliphatic imine (C=N–C) groups is 1. The van der Waals surface area contributed by atoms with Crippen molar-refractivity contribution in [1.82, 2.24) is 10.6 Å². The van der Waals surface area contributed by atoms with E-state index in [2.05, 4.69) is 15.6 Å². The van der Waals surface area contributed by atoms with E-state index in [1.807, 2.05) is 20.8 Å². The molecular weight excluding hydrogens is 258 g/mol. The number of nitrogens with one attached hydrogen (secondary N) is 2. The third-order valence-electron chi connectivity index (χ3n) is 3.47. The Morgan fingerprint density at radius 2 is 2.15 bits per heavy atom. The van der Waals surface area contributed by atoms with Crippen molar-refractivity contribution in [1.29, 1.82) is 0 Å². The Morgan fingerprint density at radius 1 is 1.40 bits per heavy atom. The molecule has 3 unspecified atom stereocenters. The van der Waals surface area contributed by atoms with Gasteiger partial charge in [0.1, 0.15) is 12.1 Å². The van der Waals surface area contributed by atoms with Crippen molar-refractivity contribution in [2.75, 3.05) is 13.6 Å². The van der Waals surface area contributed by atoms with Crippen LogP contribution in [-0.2, 0) is 14.3 Å². The molecule has 0 radical (unpaired) electrons. The van der Waals surface area contributed by atoms with Gasteiger partial charge in [-0.15, -0.1) is 0 Å². The van der Waals surface area contributed by atoms with Crippen molar-refractivity contribution < 1.29 is 14.3 Å². The van der Waals surface area contributed by atoms with E-state index >= 15 is 0 Å². The number of hydrogen-bond acceptors (Lipinski definition) is 4. The third-order valence-corrected chi connectivity index (χ3v) is 3.47. The summed E-state index contributed by atoms with van der Waals surface area (Å²) in [5.41, 5.74) is -0.464.